The highest BCUT2D eigenvalue weighted by molar-refractivity contribution is 5.54. The van der Waals surface area contributed by atoms with Crippen molar-refractivity contribution < 1.29 is 9.13 Å². The number of nitrogens with two attached hydrogens (primary N) is 1. The summed E-state index contributed by atoms with van der Waals surface area (Å²) < 4.78 is 18.8. The molecule has 0 radical (unpaired) electrons. The molecule has 84 valence electrons. The zero-order chi connectivity index (χ0) is 12.3. The van der Waals surface area contributed by atoms with Crippen LogP contribution in [0.3, 0.4) is 0 Å². The Morgan fingerprint density at radius 2 is 1.82 bits per heavy atom. The van der Waals surface area contributed by atoms with Crippen molar-refractivity contribution >= 4 is 5.69 Å². The number of ether oxygens (including phenoxy) is 1. The summed E-state index contributed by atoms with van der Waals surface area (Å²) >= 11 is 0. The molecule has 0 aromatic heterocycles. The van der Waals surface area contributed by atoms with Gasteiger partial charge in [0.15, 0.2) is 11.6 Å². The van der Waals surface area contributed by atoms with Gasteiger partial charge in [0.05, 0.1) is 17.3 Å². The van der Waals surface area contributed by atoms with Crippen LogP contribution in [0.1, 0.15) is 5.56 Å². The molecule has 0 bridgehead atoms. The molecule has 0 amide bonds. The lowest BCUT2D eigenvalue weighted by molar-refractivity contribution is 0.445. The van der Waals surface area contributed by atoms with Crippen molar-refractivity contribution in [1.29, 1.82) is 5.26 Å². The number of nitriles is 1. The SMILES string of the molecule is N#Cc1ccc(Oc2c(N)cccc2F)cc1. The number of benzene rings is 2. The number of hydrogen-bond donors (Lipinski definition) is 1. The van der Waals surface area contributed by atoms with E-state index in [1.165, 1.54) is 12.1 Å². The fraction of sp³-hybridized carbons (Fsp3) is 0. The van der Waals surface area contributed by atoms with Crippen molar-refractivity contribution in [2.45, 2.75) is 0 Å². The third kappa shape index (κ3) is 2.34. The first-order valence-corrected chi connectivity index (χ1v) is 4.92. The van der Waals surface area contributed by atoms with Crippen molar-refractivity contribution in [3.8, 4) is 17.6 Å². The number of anilines is 1. The zero-order valence-corrected chi connectivity index (χ0v) is 8.85. The van der Waals surface area contributed by atoms with Crippen molar-refractivity contribution in [1.82, 2.24) is 0 Å². The molecule has 0 unspecified atom stereocenters. The molecule has 3 nitrogen and oxygen atoms in total. The Morgan fingerprint density at radius 3 is 2.41 bits per heavy atom. The summed E-state index contributed by atoms with van der Waals surface area (Å²) in [5.41, 5.74) is 6.35. The molecule has 0 aliphatic heterocycles. The smallest absolute Gasteiger partial charge is 0.185 e. The number of halogens is 1. The van der Waals surface area contributed by atoms with Crippen LogP contribution < -0.4 is 10.5 Å². The molecule has 0 fully saturated rings. The predicted octanol–water partition coefficient (Wildman–Crippen LogP) is 3.07. The van der Waals surface area contributed by atoms with Crippen molar-refractivity contribution in [3.05, 3.63) is 53.8 Å². The highest BCUT2D eigenvalue weighted by Gasteiger charge is 2.08. The third-order valence-corrected chi connectivity index (χ3v) is 2.20. The summed E-state index contributed by atoms with van der Waals surface area (Å²) in [5.74, 6) is -0.0904. The second-order valence-electron chi connectivity index (χ2n) is 3.40. The quantitative estimate of drug-likeness (QED) is 0.803. The molecule has 2 aromatic carbocycles. The summed E-state index contributed by atoms with van der Waals surface area (Å²) in [4.78, 5) is 0. The minimum absolute atomic E-state index is 0.00259. The summed E-state index contributed by atoms with van der Waals surface area (Å²) in [6, 6.07) is 12.7. The van der Waals surface area contributed by atoms with E-state index in [2.05, 4.69) is 0 Å². The maximum absolute atomic E-state index is 13.4. The van der Waals surface area contributed by atoms with Gasteiger partial charge in [-0.1, -0.05) is 6.07 Å². The highest BCUT2D eigenvalue weighted by atomic mass is 19.1. The standard InChI is InChI=1S/C13H9FN2O/c14-11-2-1-3-12(16)13(11)17-10-6-4-9(8-15)5-7-10/h1-7H,16H2. The number of rotatable bonds is 2. The summed E-state index contributed by atoms with van der Waals surface area (Å²) in [6.07, 6.45) is 0. The molecule has 0 aliphatic rings. The molecule has 0 saturated carbocycles. The van der Waals surface area contributed by atoms with E-state index in [1.807, 2.05) is 6.07 Å². The molecule has 2 aromatic rings. The van der Waals surface area contributed by atoms with E-state index < -0.39 is 5.82 Å². The maximum atomic E-state index is 13.4. The van der Waals surface area contributed by atoms with Gasteiger partial charge in [0.25, 0.3) is 0 Å². The highest BCUT2D eigenvalue weighted by Crippen LogP contribution is 2.30. The molecule has 17 heavy (non-hydrogen) atoms. The van der Waals surface area contributed by atoms with Crippen molar-refractivity contribution in [2.24, 2.45) is 0 Å². The molecule has 2 rings (SSSR count). The van der Waals surface area contributed by atoms with Crippen molar-refractivity contribution in [3.63, 3.8) is 0 Å². The summed E-state index contributed by atoms with van der Waals surface area (Å²) in [5, 5.41) is 8.64. The molecule has 0 spiro atoms. The molecule has 0 heterocycles. The number of para-hydroxylation sites is 1. The van der Waals surface area contributed by atoms with E-state index in [1.54, 1.807) is 30.3 Å². The largest absolute Gasteiger partial charge is 0.452 e. The molecule has 0 aliphatic carbocycles. The Balaban J connectivity index is 2.29. The van der Waals surface area contributed by atoms with Gasteiger partial charge < -0.3 is 10.5 Å². The van der Waals surface area contributed by atoms with Gasteiger partial charge in [0, 0.05) is 0 Å². The lowest BCUT2D eigenvalue weighted by atomic mass is 10.2. The molecular formula is C13H9FN2O. The second kappa shape index (κ2) is 4.54. The van der Waals surface area contributed by atoms with Gasteiger partial charge in [-0.05, 0) is 36.4 Å². The minimum atomic E-state index is -0.519. The van der Waals surface area contributed by atoms with E-state index >= 15 is 0 Å². The van der Waals surface area contributed by atoms with Crippen LogP contribution in [0.4, 0.5) is 10.1 Å². The average molecular weight is 228 g/mol. The van der Waals surface area contributed by atoms with Crippen LogP contribution in [0.2, 0.25) is 0 Å². The number of nitrogen functional groups attached to an aromatic ring is 1. The Labute approximate surface area is 97.9 Å². The van der Waals surface area contributed by atoms with E-state index in [4.69, 9.17) is 15.7 Å². The van der Waals surface area contributed by atoms with Crippen LogP contribution in [0.5, 0.6) is 11.5 Å². The Morgan fingerprint density at radius 1 is 1.12 bits per heavy atom. The zero-order valence-electron chi connectivity index (χ0n) is 8.85. The van der Waals surface area contributed by atoms with Gasteiger partial charge in [-0.2, -0.15) is 5.26 Å². The Kier molecular flexibility index (Phi) is 2.93. The number of nitrogens with zero attached hydrogens (tertiary/aromatic N) is 1. The topological polar surface area (TPSA) is 59.0 Å². The predicted molar refractivity (Wildman–Crippen MR) is 62.0 cm³/mol. The summed E-state index contributed by atoms with van der Waals surface area (Å²) in [6.45, 7) is 0. The van der Waals surface area contributed by atoms with Gasteiger partial charge in [-0.15, -0.1) is 0 Å². The lowest BCUT2D eigenvalue weighted by Crippen LogP contribution is -1.94. The fourth-order valence-corrected chi connectivity index (χ4v) is 1.35. The average Bonchev–Trinajstić information content (AvgIpc) is 2.35. The van der Waals surface area contributed by atoms with Gasteiger partial charge >= 0.3 is 0 Å². The van der Waals surface area contributed by atoms with Crippen LogP contribution in [0, 0.1) is 17.1 Å². The molecule has 2 N–H and O–H groups in total. The minimum Gasteiger partial charge on any atom is -0.452 e. The van der Waals surface area contributed by atoms with Gasteiger partial charge in [-0.25, -0.2) is 4.39 Å². The summed E-state index contributed by atoms with van der Waals surface area (Å²) in [7, 11) is 0. The first kappa shape index (κ1) is 11.0. The monoisotopic (exact) mass is 228 g/mol. The normalized spacial score (nSPS) is 9.65. The Bertz CT molecular complexity index is 553. The van der Waals surface area contributed by atoms with E-state index in [9.17, 15) is 4.39 Å². The van der Waals surface area contributed by atoms with Crippen molar-refractivity contribution in [2.75, 3.05) is 5.73 Å². The lowest BCUT2D eigenvalue weighted by Gasteiger charge is -2.08. The van der Waals surface area contributed by atoms with E-state index in [0.29, 0.717) is 11.3 Å². The van der Waals surface area contributed by atoms with Gasteiger partial charge in [-0.3, -0.25) is 0 Å². The van der Waals surface area contributed by atoms with Crippen LogP contribution in [0.25, 0.3) is 0 Å². The molecule has 0 atom stereocenters. The third-order valence-electron chi connectivity index (χ3n) is 2.20. The first-order valence-electron chi connectivity index (χ1n) is 4.92. The first-order chi connectivity index (χ1) is 8.20. The van der Waals surface area contributed by atoms with Gasteiger partial charge in [0.1, 0.15) is 5.75 Å². The van der Waals surface area contributed by atoms with Crippen LogP contribution in [0.15, 0.2) is 42.5 Å². The molecule has 0 saturated heterocycles. The fourth-order valence-electron chi connectivity index (χ4n) is 1.35. The maximum Gasteiger partial charge on any atom is 0.185 e. The molecule has 4 heteroatoms. The van der Waals surface area contributed by atoms with E-state index in [0.717, 1.165) is 0 Å². The Hall–Kier alpha value is -2.54. The van der Waals surface area contributed by atoms with Crippen LogP contribution >= 0.6 is 0 Å². The van der Waals surface area contributed by atoms with Crippen LogP contribution in [-0.2, 0) is 0 Å². The number of hydrogen-bond acceptors (Lipinski definition) is 3. The van der Waals surface area contributed by atoms with Gasteiger partial charge in [0.2, 0.25) is 0 Å². The van der Waals surface area contributed by atoms with E-state index in [-0.39, 0.29) is 11.4 Å². The van der Waals surface area contributed by atoms with Crippen LogP contribution in [-0.4, -0.2) is 0 Å². The molecular weight excluding hydrogens is 219 g/mol. The second-order valence-corrected chi connectivity index (χ2v) is 3.40.